The highest BCUT2D eigenvalue weighted by Gasteiger charge is 2.29. The number of fused-ring (bicyclic) bond motifs is 1. The standard InChI is InChI=1S/C21H21N5O3/c22-19(23)12-1-3-13(4-2-12)20-25-16-11-14(21(29)24-10-9-18(27)28)5-8-17(16)26(20)15-6-7-15/h1-5,8,11,15H,6-7,9-10H2,(H3,22,23)(H,24,29)(H,27,28). The van der Waals surface area contributed by atoms with Crippen molar-refractivity contribution in [3.05, 3.63) is 53.6 Å². The number of amides is 1. The van der Waals surface area contributed by atoms with E-state index in [0.717, 1.165) is 29.7 Å². The van der Waals surface area contributed by atoms with Crippen LogP contribution in [0.4, 0.5) is 0 Å². The zero-order valence-corrected chi connectivity index (χ0v) is 15.7. The van der Waals surface area contributed by atoms with Crippen molar-refractivity contribution < 1.29 is 14.7 Å². The Hall–Kier alpha value is -3.68. The quantitative estimate of drug-likeness (QED) is 0.363. The molecule has 1 aliphatic carbocycles. The third-order valence-electron chi connectivity index (χ3n) is 4.94. The molecule has 0 bridgehead atoms. The van der Waals surface area contributed by atoms with E-state index < -0.39 is 5.97 Å². The number of imidazole rings is 1. The Bertz CT molecular complexity index is 1110. The Kier molecular flexibility index (Phi) is 4.75. The van der Waals surface area contributed by atoms with Crippen LogP contribution in [0.15, 0.2) is 42.5 Å². The molecule has 1 saturated carbocycles. The summed E-state index contributed by atoms with van der Waals surface area (Å²) < 4.78 is 2.20. The first-order valence-electron chi connectivity index (χ1n) is 9.41. The average molecular weight is 391 g/mol. The maximum atomic E-state index is 12.3. The molecule has 0 spiro atoms. The summed E-state index contributed by atoms with van der Waals surface area (Å²) in [5, 5.41) is 18.9. The number of nitrogen functional groups attached to an aromatic ring is 1. The molecular formula is C21H21N5O3. The fourth-order valence-corrected chi connectivity index (χ4v) is 3.33. The van der Waals surface area contributed by atoms with Crippen molar-refractivity contribution in [1.29, 1.82) is 5.41 Å². The highest BCUT2D eigenvalue weighted by Crippen LogP contribution is 2.41. The highest BCUT2D eigenvalue weighted by atomic mass is 16.4. The average Bonchev–Trinajstić information content (AvgIpc) is 3.46. The van der Waals surface area contributed by atoms with Gasteiger partial charge in [-0.15, -0.1) is 0 Å². The van der Waals surface area contributed by atoms with Crippen LogP contribution in [0, 0.1) is 5.41 Å². The predicted molar refractivity (Wildman–Crippen MR) is 109 cm³/mol. The van der Waals surface area contributed by atoms with Gasteiger partial charge in [-0.3, -0.25) is 15.0 Å². The molecule has 2 aromatic carbocycles. The number of nitrogens with zero attached hydrogens (tertiary/aromatic N) is 2. The minimum absolute atomic E-state index is 0.0193. The van der Waals surface area contributed by atoms with Crippen LogP contribution in [0.25, 0.3) is 22.4 Å². The van der Waals surface area contributed by atoms with E-state index in [2.05, 4.69) is 9.88 Å². The molecule has 8 heteroatoms. The lowest BCUT2D eigenvalue weighted by Gasteiger charge is -2.08. The number of nitrogens with one attached hydrogen (secondary N) is 2. The Morgan fingerprint density at radius 1 is 1.17 bits per heavy atom. The summed E-state index contributed by atoms with van der Waals surface area (Å²) in [5.41, 5.74) is 9.24. The minimum Gasteiger partial charge on any atom is -0.481 e. The van der Waals surface area contributed by atoms with Gasteiger partial charge in [0.25, 0.3) is 5.91 Å². The number of amidine groups is 1. The maximum Gasteiger partial charge on any atom is 0.305 e. The number of hydrogen-bond donors (Lipinski definition) is 4. The number of nitrogens with two attached hydrogens (primary N) is 1. The number of aliphatic carboxylic acids is 1. The molecule has 0 saturated heterocycles. The van der Waals surface area contributed by atoms with Crippen molar-refractivity contribution in [2.75, 3.05) is 6.54 Å². The third kappa shape index (κ3) is 3.82. The molecular weight excluding hydrogens is 370 g/mol. The first-order valence-corrected chi connectivity index (χ1v) is 9.41. The number of carbonyl (C=O) groups is 2. The van der Waals surface area contributed by atoms with Crippen LogP contribution in [0.3, 0.4) is 0 Å². The van der Waals surface area contributed by atoms with Crippen LogP contribution in [-0.2, 0) is 4.79 Å². The molecule has 0 atom stereocenters. The fourth-order valence-electron chi connectivity index (χ4n) is 3.33. The summed E-state index contributed by atoms with van der Waals surface area (Å²) in [5.74, 6) is -0.433. The lowest BCUT2D eigenvalue weighted by Crippen LogP contribution is -2.25. The Morgan fingerprint density at radius 2 is 1.86 bits per heavy atom. The molecule has 29 heavy (non-hydrogen) atoms. The van der Waals surface area contributed by atoms with Gasteiger partial charge in [-0.05, 0) is 31.0 Å². The molecule has 1 aromatic heterocycles. The molecule has 1 amide bonds. The van der Waals surface area contributed by atoms with Crippen molar-refractivity contribution >= 4 is 28.7 Å². The van der Waals surface area contributed by atoms with Gasteiger partial charge < -0.3 is 20.7 Å². The number of rotatable bonds is 7. The number of aromatic nitrogens is 2. The zero-order chi connectivity index (χ0) is 20.5. The SMILES string of the molecule is N=C(N)c1ccc(-c2nc3cc(C(=O)NCCC(=O)O)ccc3n2C2CC2)cc1. The molecule has 1 aliphatic rings. The molecule has 0 aliphatic heterocycles. The van der Waals surface area contributed by atoms with E-state index >= 15 is 0 Å². The van der Waals surface area contributed by atoms with Gasteiger partial charge in [-0.25, -0.2) is 4.98 Å². The lowest BCUT2D eigenvalue weighted by atomic mass is 10.1. The van der Waals surface area contributed by atoms with E-state index in [1.54, 1.807) is 24.3 Å². The van der Waals surface area contributed by atoms with Gasteiger partial charge in [-0.2, -0.15) is 0 Å². The number of hydrogen-bond acceptors (Lipinski definition) is 4. The van der Waals surface area contributed by atoms with Crippen LogP contribution in [-0.4, -0.2) is 38.9 Å². The Labute approximate surface area is 166 Å². The number of benzene rings is 2. The molecule has 1 heterocycles. The van der Waals surface area contributed by atoms with E-state index in [1.165, 1.54) is 0 Å². The van der Waals surface area contributed by atoms with Gasteiger partial charge in [0, 0.05) is 29.3 Å². The molecule has 5 N–H and O–H groups in total. The number of carbonyl (C=O) groups excluding carboxylic acids is 1. The van der Waals surface area contributed by atoms with E-state index in [-0.39, 0.29) is 24.7 Å². The highest BCUT2D eigenvalue weighted by molar-refractivity contribution is 5.98. The summed E-state index contributed by atoms with van der Waals surface area (Å²) in [7, 11) is 0. The van der Waals surface area contributed by atoms with Crippen LogP contribution in [0.5, 0.6) is 0 Å². The van der Waals surface area contributed by atoms with Crippen molar-refractivity contribution in [2.45, 2.75) is 25.3 Å². The Morgan fingerprint density at radius 3 is 2.48 bits per heavy atom. The van der Waals surface area contributed by atoms with Gasteiger partial charge in [0.2, 0.25) is 0 Å². The lowest BCUT2D eigenvalue weighted by molar-refractivity contribution is -0.136. The summed E-state index contributed by atoms with van der Waals surface area (Å²) in [4.78, 5) is 27.7. The maximum absolute atomic E-state index is 12.3. The van der Waals surface area contributed by atoms with Gasteiger partial charge in [0.1, 0.15) is 11.7 Å². The van der Waals surface area contributed by atoms with Crippen molar-refractivity contribution in [3.8, 4) is 11.4 Å². The van der Waals surface area contributed by atoms with Gasteiger partial charge in [-0.1, -0.05) is 24.3 Å². The molecule has 1 fully saturated rings. The molecule has 3 aromatic rings. The van der Waals surface area contributed by atoms with Crippen LogP contribution >= 0.6 is 0 Å². The summed E-state index contributed by atoms with van der Waals surface area (Å²) in [6, 6.07) is 13.1. The number of carboxylic acids is 1. The largest absolute Gasteiger partial charge is 0.481 e. The van der Waals surface area contributed by atoms with Gasteiger partial charge in [0.15, 0.2) is 0 Å². The first kappa shape index (κ1) is 18.7. The second-order valence-corrected chi connectivity index (χ2v) is 7.13. The van der Waals surface area contributed by atoms with Gasteiger partial charge >= 0.3 is 5.97 Å². The first-order chi connectivity index (χ1) is 13.9. The molecule has 0 radical (unpaired) electrons. The molecule has 0 unspecified atom stereocenters. The van der Waals surface area contributed by atoms with Crippen LogP contribution < -0.4 is 11.1 Å². The Balaban J connectivity index is 1.68. The summed E-state index contributed by atoms with van der Waals surface area (Å²) in [6.07, 6.45) is 2.05. The van der Waals surface area contributed by atoms with Crippen LogP contribution in [0.2, 0.25) is 0 Å². The molecule has 148 valence electrons. The fraction of sp³-hybridized carbons (Fsp3) is 0.238. The predicted octanol–water partition coefficient (Wildman–Crippen LogP) is 2.53. The second kappa shape index (κ2) is 7.38. The normalized spacial score (nSPS) is 13.4. The van der Waals surface area contributed by atoms with E-state index in [9.17, 15) is 9.59 Å². The van der Waals surface area contributed by atoms with E-state index in [0.29, 0.717) is 22.7 Å². The van der Waals surface area contributed by atoms with Crippen molar-refractivity contribution in [2.24, 2.45) is 5.73 Å². The smallest absolute Gasteiger partial charge is 0.305 e. The van der Waals surface area contributed by atoms with Gasteiger partial charge in [0.05, 0.1) is 17.5 Å². The zero-order valence-electron chi connectivity index (χ0n) is 15.7. The van der Waals surface area contributed by atoms with Crippen molar-refractivity contribution in [3.63, 3.8) is 0 Å². The van der Waals surface area contributed by atoms with E-state index in [4.69, 9.17) is 21.2 Å². The molecule has 8 nitrogen and oxygen atoms in total. The summed E-state index contributed by atoms with van der Waals surface area (Å²) >= 11 is 0. The third-order valence-corrected chi connectivity index (χ3v) is 4.94. The van der Waals surface area contributed by atoms with Crippen LogP contribution in [0.1, 0.15) is 41.2 Å². The van der Waals surface area contributed by atoms with Crippen molar-refractivity contribution in [1.82, 2.24) is 14.9 Å². The second-order valence-electron chi connectivity index (χ2n) is 7.13. The topological polar surface area (TPSA) is 134 Å². The minimum atomic E-state index is -0.954. The molecule has 4 rings (SSSR count). The summed E-state index contributed by atoms with van der Waals surface area (Å²) in [6.45, 7) is 0.0798. The monoisotopic (exact) mass is 391 g/mol. The van der Waals surface area contributed by atoms with E-state index in [1.807, 2.05) is 18.2 Å². The number of carboxylic acid groups (broad SMARTS) is 1.